The van der Waals surface area contributed by atoms with Crippen LogP contribution in [0.2, 0.25) is 0 Å². The number of amides is 1. The summed E-state index contributed by atoms with van der Waals surface area (Å²) >= 11 is 0. The first-order chi connectivity index (χ1) is 9.84. The Morgan fingerprint density at radius 2 is 2.10 bits per heavy atom. The largest absolute Gasteiger partial charge is 0.335 e. The molecule has 1 fully saturated rings. The van der Waals surface area contributed by atoms with Gasteiger partial charge in [0.05, 0.1) is 6.04 Å². The number of rotatable bonds is 4. The van der Waals surface area contributed by atoms with Gasteiger partial charge in [-0.3, -0.25) is 4.79 Å². The molecule has 1 amide bonds. The highest BCUT2D eigenvalue weighted by Crippen LogP contribution is 2.32. The van der Waals surface area contributed by atoms with E-state index in [9.17, 15) is 22.0 Å². The van der Waals surface area contributed by atoms with Crippen LogP contribution in [0.1, 0.15) is 24.4 Å². The van der Waals surface area contributed by atoms with Crippen LogP contribution in [0.4, 0.5) is 8.78 Å². The van der Waals surface area contributed by atoms with Crippen molar-refractivity contribution in [1.29, 1.82) is 0 Å². The summed E-state index contributed by atoms with van der Waals surface area (Å²) in [5, 5.41) is 0. The molecule has 1 heterocycles. The Hall–Kier alpha value is -1.54. The van der Waals surface area contributed by atoms with Crippen molar-refractivity contribution in [1.82, 2.24) is 9.62 Å². The number of hydrogen-bond donors (Lipinski definition) is 1. The zero-order valence-corrected chi connectivity index (χ0v) is 12.3. The molecule has 0 aromatic heterocycles. The fraction of sp³-hybridized carbons (Fsp3) is 0.462. The molecule has 0 bridgehead atoms. The lowest BCUT2D eigenvalue weighted by Crippen LogP contribution is -2.38. The lowest BCUT2D eigenvalue weighted by Gasteiger charge is -2.25. The Balaban J connectivity index is 2.20. The third kappa shape index (κ3) is 3.56. The molecule has 1 atom stereocenters. The van der Waals surface area contributed by atoms with Gasteiger partial charge in [0, 0.05) is 6.54 Å². The summed E-state index contributed by atoms with van der Waals surface area (Å²) in [6.07, 6.45) is 1.28. The van der Waals surface area contributed by atoms with Gasteiger partial charge in [-0.2, -0.15) is 0 Å². The van der Waals surface area contributed by atoms with E-state index in [0.29, 0.717) is 24.9 Å². The minimum Gasteiger partial charge on any atom is -0.335 e. The Kier molecular flexibility index (Phi) is 4.58. The fourth-order valence-corrected chi connectivity index (χ4v) is 3.08. The highest BCUT2D eigenvalue weighted by Gasteiger charge is 2.32. The van der Waals surface area contributed by atoms with Crippen LogP contribution in [0.15, 0.2) is 18.2 Å². The van der Waals surface area contributed by atoms with Crippen molar-refractivity contribution in [2.45, 2.75) is 18.9 Å². The number of likely N-dealkylation sites (tertiary alicyclic amines) is 1. The average Bonchev–Trinajstić information content (AvgIpc) is 2.91. The topological polar surface area (TPSA) is 66.5 Å². The first-order valence-corrected chi connectivity index (χ1v) is 8.15. The Bertz CT molecular complexity index is 649. The van der Waals surface area contributed by atoms with Gasteiger partial charge in [-0.05, 0) is 37.6 Å². The van der Waals surface area contributed by atoms with Crippen molar-refractivity contribution in [3.63, 3.8) is 0 Å². The van der Waals surface area contributed by atoms with Crippen LogP contribution in [-0.2, 0) is 14.8 Å². The van der Waals surface area contributed by atoms with E-state index in [2.05, 4.69) is 4.72 Å². The molecule has 116 valence electrons. The van der Waals surface area contributed by atoms with Gasteiger partial charge in [-0.25, -0.2) is 21.9 Å². The quantitative estimate of drug-likeness (QED) is 0.906. The van der Waals surface area contributed by atoms with E-state index in [1.165, 1.54) is 18.0 Å². The molecule has 1 aliphatic rings. The maximum atomic E-state index is 13.3. The van der Waals surface area contributed by atoms with Gasteiger partial charge >= 0.3 is 0 Å². The first-order valence-electron chi connectivity index (χ1n) is 6.49. The summed E-state index contributed by atoms with van der Waals surface area (Å²) in [6, 6.07) is 3.06. The third-order valence-electron chi connectivity index (χ3n) is 3.53. The Morgan fingerprint density at radius 3 is 2.71 bits per heavy atom. The first kappa shape index (κ1) is 15.8. The maximum absolute atomic E-state index is 13.3. The molecule has 0 aliphatic carbocycles. The van der Waals surface area contributed by atoms with Gasteiger partial charge in [0.15, 0.2) is 11.6 Å². The van der Waals surface area contributed by atoms with Crippen molar-refractivity contribution in [2.75, 3.05) is 19.3 Å². The molecule has 0 unspecified atom stereocenters. The standard InChI is InChI=1S/C13H16F2N2O3S/c1-16-21(19,20)8-13(18)17-6-2-3-12(17)9-4-5-10(14)11(15)7-9/h4-5,7,12,16H,2-3,6,8H2,1H3/t12-/m1/s1. The van der Waals surface area contributed by atoms with Crippen LogP contribution in [0.3, 0.4) is 0 Å². The van der Waals surface area contributed by atoms with Gasteiger partial charge in [0.2, 0.25) is 15.9 Å². The normalized spacial score (nSPS) is 19.0. The smallest absolute Gasteiger partial charge is 0.239 e. The van der Waals surface area contributed by atoms with Gasteiger partial charge in [-0.1, -0.05) is 6.07 Å². The zero-order chi connectivity index (χ0) is 15.6. The molecular weight excluding hydrogens is 302 g/mol. The summed E-state index contributed by atoms with van der Waals surface area (Å²) in [6.45, 7) is 0.404. The molecule has 1 aromatic rings. The van der Waals surface area contributed by atoms with Crippen molar-refractivity contribution >= 4 is 15.9 Å². The lowest BCUT2D eigenvalue weighted by atomic mass is 10.0. The van der Waals surface area contributed by atoms with Gasteiger partial charge in [0.25, 0.3) is 0 Å². The highest BCUT2D eigenvalue weighted by atomic mass is 32.2. The van der Waals surface area contributed by atoms with Crippen molar-refractivity contribution in [3.05, 3.63) is 35.4 Å². The van der Waals surface area contributed by atoms with E-state index in [1.807, 2.05) is 0 Å². The number of sulfonamides is 1. The summed E-state index contributed by atoms with van der Waals surface area (Å²) in [7, 11) is -2.42. The highest BCUT2D eigenvalue weighted by molar-refractivity contribution is 7.90. The number of benzene rings is 1. The predicted octanol–water partition coefficient (Wildman–Crippen LogP) is 1.18. The average molecular weight is 318 g/mol. The van der Waals surface area contributed by atoms with Gasteiger partial charge < -0.3 is 4.90 Å². The number of nitrogens with zero attached hydrogens (tertiary/aromatic N) is 1. The molecule has 8 heteroatoms. The molecule has 2 rings (SSSR count). The van der Waals surface area contributed by atoms with Crippen LogP contribution in [0, 0.1) is 11.6 Å². The minimum atomic E-state index is -3.65. The number of halogens is 2. The van der Waals surface area contributed by atoms with E-state index in [0.717, 1.165) is 12.1 Å². The zero-order valence-electron chi connectivity index (χ0n) is 11.5. The second-order valence-corrected chi connectivity index (χ2v) is 6.81. The Labute approximate surface area is 122 Å². The third-order valence-corrected chi connectivity index (χ3v) is 4.78. The molecule has 5 nitrogen and oxygen atoms in total. The van der Waals surface area contributed by atoms with Crippen molar-refractivity contribution < 1.29 is 22.0 Å². The summed E-state index contributed by atoms with van der Waals surface area (Å²) in [5.41, 5.74) is 0.474. The monoisotopic (exact) mass is 318 g/mol. The molecule has 21 heavy (non-hydrogen) atoms. The molecule has 1 N–H and O–H groups in total. The summed E-state index contributed by atoms with van der Waals surface area (Å²) < 4.78 is 51.2. The second-order valence-electron chi connectivity index (χ2n) is 4.88. The predicted molar refractivity (Wildman–Crippen MR) is 72.9 cm³/mol. The molecule has 0 saturated carbocycles. The van der Waals surface area contributed by atoms with Crippen LogP contribution >= 0.6 is 0 Å². The van der Waals surface area contributed by atoms with Crippen LogP contribution in [-0.4, -0.2) is 38.6 Å². The molecule has 1 saturated heterocycles. The lowest BCUT2D eigenvalue weighted by molar-refractivity contribution is -0.129. The number of hydrogen-bond acceptors (Lipinski definition) is 3. The van der Waals surface area contributed by atoms with Crippen LogP contribution in [0.5, 0.6) is 0 Å². The van der Waals surface area contributed by atoms with E-state index in [4.69, 9.17) is 0 Å². The Morgan fingerprint density at radius 1 is 1.38 bits per heavy atom. The second kappa shape index (κ2) is 6.07. The number of nitrogens with one attached hydrogen (secondary N) is 1. The summed E-state index contributed by atoms with van der Waals surface area (Å²) in [4.78, 5) is 13.5. The van der Waals surface area contributed by atoms with Crippen molar-refractivity contribution in [2.24, 2.45) is 0 Å². The number of carbonyl (C=O) groups excluding carboxylic acids is 1. The minimum absolute atomic E-state index is 0.404. The summed E-state index contributed by atoms with van der Waals surface area (Å²) in [5.74, 6) is -3.12. The van der Waals surface area contributed by atoms with Crippen LogP contribution < -0.4 is 4.72 Å². The molecule has 0 radical (unpaired) electrons. The fourth-order valence-electron chi connectivity index (χ4n) is 2.45. The van der Waals surface area contributed by atoms with Crippen LogP contribution in [0.25, 0.3) is 0 Å². The van der Waals surface area contributed by atoms with E-state index < -0.39 is 39.4 Å². The van der Waals surface area contributed by atoms with E-state index in [1.54, 1.807) is 0 Å². The molecule has 1 aromatic carbocycles. The molecule has 1 aliphatic heterocycles. The van der Waals surface area contributed by atoms with E-state index >= 15 is 0 Å². The maximum Gasteiger partial charge on any atom is 0.239 e. The molecular formula is C13H16F2N2O3S. The SMILES string of the molecule is CNS(=O)(=O)CC(=O)N1CCC[C@@H]1c1ccc(F)c(F)c1. The molecule has 0 spiro atoms. The van der Waals surface area contributed by atoms with E-state index in [-0.39, 0.29) is 0 Å². The number of carbonyl (C=O) groups is 1. The van der Waals surface area contributed by atoms with Crippen molar-refractivity contribution in [3.8, 4) is 0 Å². The van der Waals surface area contributed by atoms with Gasteiger partial charge in [0.1, 0.15) is 5.75 Å². The van der Waals surface area contributed by atoms with Gasteiger partial charge in [-0.15, -0.1) is 0 Å².